The van der Waals surface area contributed by atoms with E-state index in [1.54, 1.807) is 29.4 Å². The van der Waals surface area contributed by atoms with E-state index in [2.05, 4.69) is 20.4 Å². The number of nitrogens with zero attached hydrogens (tertiary/aromatic N) is 3. The predicted octanol–water partition coefficient (Wildman–Crippen LogP) is 3.70. The normalized spacial score (nSPS) is 11.5. The van der Waals surface area contributed by atoms with E-state index in [0.29, 0.717) is 22.2 Å². The number of hydrogen-bond acceptors (Lipinski definition) is 5. The van der Waals surface area contributed by atoms with E-state index in [4.69, 9.17) is 16.0 Å². The molecule has 1 aromatic carbocycles. The highest BCUT2D eigenvalue weighted by Crippen LogP contribution is 2.28. The summed E-state index contributed by atoms with van der Waals surface area (Å²) >= 11 is 6.07. The van der Waals surface area contributed by atoms with Crippen LogP contribution < -0.4 is 5.32 Å². The molecule has 2 aromatic heterocycles. The van der Waals surface area contributed by atoms with Crippen LogP contribution >= 0.6 is 11.6 Å². The molecule has 0 radical (unpaired) electrons. The number of benzene rings is 1. The van der Waals surface area contributed by atoms with Gasteiger partial charge in [0.1, 0.15) is 0 Å². The van der Waals surface area contributed by atoms with E-state index in [0.717, 1.165) is 0 Å². The summed E-state index contributed by atoms with van der Waals surface area (Å²) in [5, 5.41) is 7.66. The maximum absolute atomic E-state index is 12.4. The van der Waals surface area contributed by atoms with Gasteiger partial charge in [-0.2, -0.15) is 18.2 Å². The second kappa shape index (κ2) is 7.16. The van der Waals surface area contributed by atoms with Crippen LogP contribution in [0, 0.1) is 0 Å². The van der Waals surface area contributed by atoms with Crippen LogP contribution in [0.3, 0.4) is 0 Å². The molecule has 3 rings (SSSR count). The van der Waals surface area contributed by atoms with Gasteiger partial charge in [-0.25, -0.2) is 4.98 Å². The molecule has 3 aromatic rings. The topological polar surface area (TPSA) is 96.7 Å². The first kappa shape index (κ1) is 17.9. The van der Waals surface area contributed by atoms with Gasteiger partial charge in [0.05, 0.1) is 11.2 Å². The van der Waals surface area contributed by atoms with E-state index < -0.39 is 23.9 Å². The van der Waals surface area contributed by atoms with Gasteiger partial charge in [0, 0.05) is 18.4 Å². The number of aryl methyl sites for hydroxylation is 1. The molecule has 0 fully saturated rings. The monoisotopic (exact) mass is 385 g/mol. The average molecular weight is 386 g/mol. The summed E-state index contributed by atoms with van der Waals surface area (Å²) in [6.07, 6.45) is -3.10. The number of aromatic amines is 1. The van der Waals surface area contributed by atoms with Crippen LogP contribution in [0.2, 0.25) is 5.02 Å². The van der Waals surface area contributed by atoms with Crippen molar-refractivity contribution < 1.29 is 22.4 Å². The SMILES string of the molecule is O=C(CCc1ncc(-c2ccccc2Cl)o1)Nc1n[nH]c(C(F)(F)F)n1. The number of nitrogens with one attached hydrogen (secondary N) is 2. The maximum Gasteiger partial charge on any atom is 0.451 e. The fraction of sp³-hybridized carbons (Fsp3) is 0.200. The smallest absolute Gasteiger partial charge is 0.441 e. The van der Waals surface area contributed by atoms with Gasteiger partial charge in [-0.3, -0.25) is 15.2 Å². The van der Waals surface area contributed by atoms with Crippen LogP contribution in [-0.4, -0.2) is 26.1 Å². The second-order valence-electron chi connectivity index (χ2n) is 5.15. The number of H-pyrrole nitrogens is 1. The number of aromatic nitrogens is 4. The minimum atomic E-state index is -4.66. The van der Waals surface area contributed by atoms with Crippen LogP contribution in [0.1, 0.15) is 18.1 Å². The molecule has 0 saturated heterocycles. The van der Waals surface area contributed by atoms with Gasteiger partial charge in [-0.15, -0.1) is 5.10 Å². The Bertz CT molecular complexity index is 922. The molecule has 0 aliphatic heterocycles. The Morgan fingerprint density at radius 1 is 1.31 bits per heavy atom. The van der Waals surface area contributed by atoms with Crippen LogP contribution in [0.5, 0.6) is 0 Å². The number of rotatable bonds is 5. The number of amides is 1. The molecule has 7 nitrogen and oxygen atoms in total. The van der Waals surface area contributed by atoms with Crippen molar-refractivity contribution in [2.45, 2.75) is 19.0 Å². The van der Waals surface area contributed by atoms with E-state index >= 15 is 0 Å². The number of carbonyl (C=O) groups excluding carboxylic acids is 1. The Kier molecular flexibility index (Phi) is 4.94. The van der Waals surface area contributed by atoms with Gasteiger partial charge in [0.15, 0.2) is 11.7 Å². The summed E-state index contributed by atoms with van der Waals surface area (Å²) in [7, 11) is 0. The summed E-state index contributed by atoms with van der Waals surface area (Å²) in [6, 6.07) is 7.04. The van der Waals surface area contributed by atoms with Crippen molar-refractivity contribution in [3.63, 3.8) is 0 Å². The Balaban J connectivity index is 1.57. The van der Waals surface area contributed by atoms with Crippen molar-refractivity contribution >= 4 is 23.5 Å². The fourth-order valence-corrected chi connectivity index (χ4v) is 2.29. The molecule has 11 heteroatoms. The molecule has 26 heavy (non-hydrogen) atoms. The van der Waals surface area contributed by atoms with Crippen LogP contribution in [0.4, 0.5) is 19.1 Å². The van der Waals surface area contributed by atoms with Gasteiger partial charge < -0.3 is 4.42 Å². The largest absolute Gasteiger partial charge is 0.451 e. The van der Waals surface area contributed by atoms with Gasteiger partial charge in [0.2, 0.25) is 17.7 Å². The fourth-order valence-electron chi connectivity index (χ4n) is 2.06. The molecule has 0 saturated carbocycles. The van der Waals surface area contributed by atoms with E-state index in [1.807, 2.05) is 0 Å². The molecule has 1 amide bonds. The highest BCUT2D eigenvalue weighted by Gasteiger charge is 2.35. The van der Waals surface area contributed by atoms with Crippen molar-refractivity contribution in [3.8, 4) is 11.3 Å². The van der Waals surface area contributed by atoms with E-state index in [9.17, 15) is 18.0 Å². The molecule has 0 aliphatic carbocycles. The molecule has 0 unspecified atom stereocenters. The summed E-state index contributed by atoms with van der Waals surface area (Å²) in [6.45, 7) is 0. The summed E-state index contributed by atoms with van der Waals surface area (Å²) in [4.78, 5) is 19.0. The van der Waals surface area contributed by atoms with Crippen molar-refractivity contribution in [2.24, 2.45) is 0 Å². The number of halogens is 4. The Labute approximate surface area is 149 Å². The number of oxazole rings is 1. The molecular weight excluding hydrogens is 375 g/mol. The second-order valence-corrected chi connectivity index (χ2v) is 5.56. The summed E-state index contributed by atoms with van der Waals surface area (Å²) in [5.41, 5.74) is 0.665. The first-order chi connectivity index (χ1) is 12.3. The highest BCUT2D eigenvalue weighted by molar-refractivity contribution is 6.33. The summed E-state index contributed by atoms with van der Waals surface area (Å²) < 4.78 is 42.7. The lowest BCUT2D eigenvalue weighted by atomic mass is 10.2. The summed E-state index contributed by atoms with van der Waals surface area (Å²) in [5.74, 6) is -1.57. The third kappa shape index (κ3) is 4.20. The van der Waals surface area contributed by atoms with Crippen molar-refractivity contribution in [1.82, 2.24) is 20.2 Å². The molecular formula is C15H11ClF3N5O2. The van der Waals surface area contributed by atoms with Crippen molar-refractivity contribution in [3.05, 3.63) is 47.2 Å². The van der Waals surface area contributed by atoms with Crippen LogP contribution in [0.25, 0.3) is 11.3 Å². The van der Waals surface area contributed by atoms with E-state index in [-0.39, 0.29) is 12.8 Å². The minimum absolute atomic E-state index is 0.0711. The lowest BCUT2D eigenvalue weighted by molar-refractivity contribution is -0.144. The molecule has 0 atom stereocenters. The first-order valence-electron chi connectivity index (χ1n) is 7.32. The lowest BCUT2D eigenvalue weighted by Crippen LogP contribution is -2.14. The average Bonchev–Trinajstić information content (AvgIpc) is 3.22. The third-order valence-electron chi connectivity index (χ3n) is 3.26. The zero-order valence-electron chi connectivity index (χ0n) is 13.0. The van der Waals surface area contributed by atoms with Crippen LogP contribution in [0.15, 0.2) is 34.9 Å². The first-order valence-corrected chi connectivity index (χ1v) is 7.70. The Morgan fingerprint density at radius 2 is 2.08 bits per heavy atom. The number of alkyl halides is 3. The quantitative estimate of drug-likeness (QED) is 0.698. The molecule has 0 bridgehead atoms. The zero-order valence-corrected chi connectivity index (χ0v) is 13.7. The number of hydrogen-bond donors (Lipinski definition) is 2. The van der Waals surface area contributed by atoms with Gasteiger partial charge in [0.25, 0.3) is 0 Å². The Morgan fingerprint density at radius 3 is 2.77 bits per heavy atom. The third-order valence-corrected chi connectivity index (χ3v) is 3.59. The molecule has 136 valence electrons. The molecule has 2 heterocycles. The molecule has 0 spiro atoms. The number of anilines is 1. The predicted molar refractivity (Wildman–Crippen MR) is 85.3 cm³/mol. The van der Waals surface area contributed by atoms with Gasteiger partial charge in [-0.05, 0) is 12.1 Å². The molecule has 2 N–H and O–H groups in total. The minimum Gasteiger partial charge on any atom is -0.441 e. The van der Waals surface area contributed by atoms with Gasteiger partial charge in [-0.1, -0.05) is 23.7 Å². The highest BCUT2D eigenvalue weighted by atomic mass is 35.5. The van der Waals surface area contributed by atoms with Crippen LogP contribution in [-0.2, 0) is 17.4 Å². The maximum atomic E-state index is 12.4. The van der Waals surface area contributed by atoms with Crippen molar-refractivity contribution in [2.75, 3.05) is 5.32 Å². The lowest BCUT2D eigenvalue weighted by Gasteiger charge is -2.00. The number of carbonyl (C=O) groups is 1. The Hall–Kier alpha value is -2.88. The van der Waals surface area contributed by atoms with E-state index in [1.165, 1.54) is 6.20 Å². The molecule has 0 aliphatic rings. The van der Waals surface area contributed by atoms with Crippen molar-refractivity contribution in [1.29, 1.82) is 0 Å². The standard InChI is InChI=1S/C15H11ClF3N5O2/c16-9-4-2-1-3-8(9)10-7-20-12(26-10)6-5-11(25)21-14-22-13(23-24-14)15(17,18)19/h1-4,7H,5-6H2,(H2,21,22,23,24,25). The van der Waals surface area contributed by atoms with Gasteiger partial charge >= 0.3 is 6.18 Å². The zero-order chi connectivity index (χ0) is 18.7.